The molecule has 0 aliphatic rings. The molecule has 1 amide bonds. The first-order valence-corrected chi connectivity index (χ1v) is 5.34. The topological polar surface area (TPSA) is 93.8 Å². The van der Waals surface area contributed by atoms with E-state index in [0.717, 1.165) is 11.5 Å². The molecule has 0 saturated heterocycles. The molecule has 16 heavy (non-hydrogen) atoms. The number of rotatable bonds is 2. The first-order valence-electron chi connectivity index (χ1n) is 4.19. The third-order valence-corrected chi connectivity index (χ3v) is 2.62. The highest BCUT2D eigenvalue weighted by Crippen LogP contribution is 2.23. The van der Waals surface area contributed by atoms with E-state index >= 15 is 0 Å². The van der Waals surface area contributed by atoms with Gasteiger partial charge in [-0.1, -0.05) is 27.3 Å². The minimum Gasteiger partial charge on any atom is -0.398 e. The van der Waals surface area contributed by atoms with Crippen LogP contribution in [0.5, 0.6) is 0 Å². The second kappa shape index (κ2) is 4.42. The fraction of sp³-hybridized carbons (Fsp3) is 0. The predicted octanol–water partition coefficient (Wildman–Crippen LogP) is 1.42. The highest BCUT2D eigenvalue weighted by Gasteiger charge is 2.15. The quantitative estimate of drug-likeness (QED) is 0.792. The summed E-state index contributed by atoms with van der Waals surface area (Å²) in [5.41, 5.74) is 6.19. The number of hydrogen-bond donors (Lipinski definition) is 2. The molecular weight excluding hydrogens is 250 g/mol. The van der Waals surface area contributed by atoms with Crippen molar-refractivity contribution in [3.8, 4) is 0 Å². The van der Waals surface area contributed by atoms with Crippen LogP contribution in [0.4, 0.5) is 10.8 Å². The van der Waals surface area contributed by atoms with Crippen LogP contribution >= 0.6 is 23.1 Å². The van der Waals surface area contributed by atoms with Crippen LogP contribution in [0.1, 0.15) is 10.4 Å². The Morgan fingerprint density at radius 2 is 2.31 bits per heavy atom. The highest BCUT2D eigenvalue weighted by molar-refractivity contribution is 7.09. The van der Waals surface area contributed by atoms with E-state index in [4.69, 9.17) is 17.3 Å². The Morgan fingerprint density at radius 1 is 1.50 bits per heavy atom. The normalized spacial score (nSPS) is 10.1. The zero-order valence-electron chi connectivity index (χ0n) is 7.85. The summed E-state index contributed by atoms with van der Waals surface area (Å²) in [4.78, 5) is 11.8. The van der Waals surface area contributed by atoms with Gasteiger partial charge in [0.15, 0.2) is 0 Å². The van der Waals surface area contributed by atoms with E-state index in [2.05, 4.69) is 20.1 Å². The second-order valence-electron chi connectivity index (χ2n) is 2.83. The average Bonchev–Trinajstić information content (AvgIpc) is 2.70. The number of amides is 1. The number of nitrogen functional groups attached to an aromatic ring is 1. The Labute approximate surface area is 99.6 Å². The van der Waals surface area contributed by atoms with Crippen LogP contribution in [0.15, 0.2) is 18.2 Å². The molecular formula is C8H6ClN5OS. The van der Waals surface area contributed by atoms with Gasteiger partial charge in [-0.25, -0.2) is 0 Å². The Hall–Kier alpha value is -1.73. The van der Waals surface area contributed by atoms with Crippen LogP contribution < -0.4 is 11.1 Å². The molecule has 1 aromatic carbocycles. The van der Waals surface area contributed by atoms with E-state index in [-0.39, 0.29) is 10.6 Å². The first kappa shape index (κ1) is 10.8. The van der Waals surface area contributed by atoms with Gasteiger partial charge < -0.3 is 5.73 Å². The van der Waals surface area contributed by atoms with Crippen LogP contribution in [0.25, 0.3) is 0 Å². The van der Waals surface area contributed by atoms with Gasteiger partial charge in [-0.05, 0) is 17.3 Å². The molecule has 0 atom stereocenters. The number of carbonyl (C=O) groups is 1. The van der Waals surface area contributed by atoms with Gasteiger partial charge in [0, 0.05) is 17.2 Å². The largest absolute Gasteiger partial charge is 0.398 e. The van der Waals surface area contributed by atoms with Gasteiger partial charge >= 0.3 is 0 Å². The van der Waals surface area contributed by atoms with Crippen molar-refractivity contribution in [2.75, 3.05) is 11.1 Å². The molecule has 8 heteroatoms. The van der Waals surface area contributed by atoms with Crippen LogP contribution in [0.3, 0.4) is 0 Å². The van der Waals surface area contributed by atoms with Gasteiger partial charge in [-0.15, -0.1) is 0 Å². The number of nitrogens with one attached hydrogen (secondary N) is 1. The Balaban J connectivity index is 2.28. The minimum absolute atomic E-state index is 0.222. The average molecular weight is 256 g/mol. The van der Waals surface area contributed by atoms with E-state index < -0.39 is 5.91 Å². The van der Waals surface area contributed by atoms with Crippen LogP contribution in [0, 0.1) is 0 Å². The van der Waals surface area contributed by atoms with Crippen LogP contribution in [-0.4, -0.2) is 20.7 Å². The third kappa shape index (κ3) is 2.10. The molecule has 3 N–H and O–H groups in total. The molecule has 0 spiro atoms. The molecule has 1 heterocycles. The van der Waals surface area contributed by atoms with E-state index in [1.54, 1.807) is 18.2 Å². The Kier molecular flexibility index (Phi) is 2.97. The zero-order valence-corrected chi connectivity index (χ0v) is 9.42. The summed E-state index contributed by atoms with van der Waals surface area (Å²) in [5, 5.41) is 10.0. The molecule has 0 radical (unpaired) electrons. The molecule has 0 aliphatic carbocycles. The van der Waals surface area contributed by atoms with Crippen molar-refractivity contribution in [1.82, 2.24) is 14.8 Å². The van der Waals surface area contributed by atoms with E-state index in [9.17, 15) is 4.79 Å². The molecule has 0 fully saturated rings. The fourth-order valence-electron chi connectivity index (χ4n) is 1.12. The number of nitrogens with two attached hydrogens (primary N) is 1. The Morgan fingerprint density at radius 3 is 2.94 bits per heavy atom. The van der Waals surface area contributed by atoms with Gasteiger partial charge in [0.25, 0.3) is 5.91 Å². The standard InChI is InChI=1S/C8H6ClN5OS/c9-4-2-1-3-5(10)6(4)7(15)11-8-12-13-14-16-8/h1-3H,10H2,(H,11,12,14,15). The molecule has 2 aromatic rings. The lowest BCUT2D eigenvalue weighted by Gasteiger charge is -2.06. The third-order valence-electron chi connectivity index (χ3n) is 1.79. The lowest BCUT2D eigenvalue weighted by atomic mass is 10.1. The van der Waals surface area contributed by atoms with Gasteiger partial charge in [0.2, 0.25) is 5.13 Å². The maximum atomic E-state index is 11.8. The second-order valence-corrected chi connectivity index (χ2v) is 3.97. The SMILES string of the molecule is Nc1cccc(Cl)c1C(=O)Nc1nnns1. The molecule has 82 valence electrons. The summed E-state index contributed by atoms with van der Waals surface area (Å²) in [7, 11) is 0. The van der Waals surface area contributed by atoms with Crippen molar-refractivity contribution in [3.63, 3.8) is 0 Å². The summed E-state index contributed by atoms with van der Waals surface area (Å²) >= 11 is 6.85. The van der Waals surface area contributed by atoms with E-state index in [1.807, 2.05) is 0 Å². The summed E-state index contributed by atoms with van der Waals surface area (Å²) in [5.74, 6) is -0.429. The number of benzene rings is 1. The van der Waals surface area contributed by atoms with Gasteiger partial charge in [0.1, 0.15) is 0 Å². The molecule has 0 saturated carbocycles. The minimum atomic E-state index is -0.429. The molecule has 2 rings (SSSR count). The van der Waals surface area contributed by atoms with Crippen LogP contribution in [-0.2, 0) is 0 Å². The van der Waals surface area contributed by atoms with Crippen molar-refractivity contribution in [2.45, 2.75) is 0 Å². The maximum absolute atomic E-state index is 11.8. The first-order chi connectivity index (χ1) is 7.68. The maximum Gasteiger partial charge on any atom is 0.261 e. The predicted molar refractivity (Wildman–Crippen MR) is 61.5 cm³/mol. The zero-order chi connectivity index (χ0) is 11.5. The van der Waals surface area contributed by atoms with Gasteiger partial charge in [-0.3, -0.25) is 10.1 Å². The van der Waals surface area contributed by atoms with Gasteiger partial charge in [0.05, 0.1) is 10.6 Å². The van der Waals surface area contributed by atoms with E-state index in [0.29, 0.717) is 10.8 Å². The summed E-state index contributed by atoms with van der Waals surface area (Å²) in [6.07, 6.45) is 0. The van der Waals surface area contributed by atoms with Crippen molar-refractivity contribution >= 4 is 39.9 Å². The number of nitrogens with zero attached hydrogens (tertiary/aromatic N) is 3. The summed E-state index contributed by atoms with van der Waals surface area (Å²) in [6, 6.07) is 4.85. The molecule has 1 aromatic heterocycles. The van der Waals surface area contributed by atoms with Gasteiger partial charge in [-0.2, -0.15) is 0 Å². The van der Waals surface area contributed by atoms with Crippen molar-refractivity contribution in [3.05, 3.63) is 28.8 Å². The molecule has 0 aliphatic heterocycles. The number of halogens is 1. The monoisotopic (exact) mass is 255 g/mol. The smallest absolute Gasteiger partial charge is 0.261 e. The molecule has 0 bridgehead atoms. The van der Waals surface area contributed by atoms with Crippen molar-refractivity contribution < 1.29 is 4.79 Å². The number of anilines is 2. The summed E-state index contributed by atoms with van der Waals surface area (Å²) < 4.78 is 3.52. The highest BCUT2D eigenvalue weighted by atomic mass is 35.5. The van der Waals surface area contributed by atoms with Crippen LogP contribution in [0.2, 0.25) is 5.02 Å². The fourth-order valence-corrected chi connectivity index (χ4v) is 1.75. The Bertz CT molecular complexity index is 495. The lowest BCUT2D eigenvalue weighted by Crippen LogP contribution is -2.14. The van der Waals surface area contributed by atoms with E-state index in [1.165, 1.54) is 0 Å². The van der Waals surface area contributed by atoms with Crippen molar-refractivity contribution in [1.29, 1.82) is 0 Å². The lowest BCUT2D eigenvalue weighted by molar-refractivity contribution is 0.102. The number of hydrogen-bond acceptors (Lipinski definition) is 6. The summed E-state index contributed by atoms with van der Waals surface area (Å²) in [6.45, 7) is 0. The number of carbonyl (C=O) groups excluding carboxylic acids is 1. The molecule has 0 unspecified atom stereocenters. The molecule has 6 nitrogen and oxygen atoms in total. The van der Waals surface area contributed by atoms with Crippen molar-refractivity contribution in [2.24, 2.45) is 0 Å². The number of aromatic nitrogens is 3.